The second kappa shape index (κ2) is 6.85. The summed E-state index contributed by atoms with van der Waals surface area (Å²) < 4.78 is 4.30. The minimum atomic E-state index is 0.422. The third-order valence-electron chi connectivity index (χ3n) is 3.64. The van der Waals surface area contributed by atoms with Crippen molar-refractivity contribution in [2.75, 3.05) is 17.9 Å². The Morgan fingerprint density at radius 3 is 2.75 bits per heavy atom. The molecule has 0 aliphatic rings. The Hall–Kier alpha value is -0.680. The van der Waals surface area contributed by atoms with Gasteiger partial charge in [-0.3, -0.25) is 4.68 Å². The number of thioether (sulfide) groups is 1. The summed E-state index contributed by atoms with van der Waals surface area (Å²) >= 11 is 7.83. The highest BCUT2D eigenvalue weighted by Crippen LogP contribution is 2.26. The summed E-state index contributed by atoms with van der Waals surface area (Å²) in [6, 6.07) is 0.422. The van der Waals surface area contributed by atoms with Gasteiger partial charge >= 0.3 is 0 Å². The summed E-state index contributed by atoms with van der Waals surface area (Å²) in [7, 11) is 2.01. The van der Waals surface area contributed by atoms with Crippen LogP contribution < -0.4 is 0 Å². The van der Waals surface area contributed by atoms with Crippen molar-refractivity contribution < 1.29 is 0 Å². The summed E-state index contributed by atoms with van der Waals surface area (Å²) in [6.45, 7) is 4.38. The van der Waals surface area contributed by atoms with E-state index in [4.69, 9.17) is 16.6 Å². The molecule has 112 valence electrons. The first-order valence-corrected chi connectivity index (χ1v) is 9.04. The summed E-state index contributed by atoms with van der Waals surface area (Å²) in [5, 5.41) is 4.59. The second-order valence-electron chi connectivity index (χ2n) is 5.06. The highest BCUT2D eigenvalue weighted by Gasteiger charge is 2.21. The predicted octanol–water partition coefficient (Wildman–Crippen LogP) is 3.43. The average Bonchev–Trinajstić information content (AvgIpc) is 2.94. The van der Waals surface area contributed by atoms with Gasteiger partial charge < -0.3 is 4.57 Å². The van der Waals surface area contributed by atoms with E-state index < -0.39 is 0 Å². The molecule has 0 bridgehead atoms. The van der Waals surface area contributed by atoms with Crippen molar-refractivity contribution >= 4 is 34.5 Å². The van der Waals surface area contributed by atoms with Crippen LogP contribution in [0.4, 0.5) is 0 Å². The van der Waals surface area contributed by atoms with E-state index in [2.05, 4.69) is 29.8 Å². The first kappa shape index (κ1) is 15.7. The number of hydrogen-bond donors (Lipinski definition) is 0. The van der Waals surface area contributed by atoms with E-state index >= 15 is 0 Å². The van der Waals surface area contributed by atoms with Gasteiger partial charge in [-0.2, -0.15) is 16.9 Å². The van der Waals surface area contributed by atoms with Gasteiger partial charge in [-0.05, 0) is 31.8 Å². The number of nitrogens with zero attached hydrogens (tertiary/aromatic N) is 4. The van der Waals surface area contributed by atoms with Crippen LogP contribution in [0.5, 0.6) is 0 Å². The molecule has 1 atom stereocenters. The Balaban J connectivity index is 2.52. The van der Waals surface area contributed by atoms with Gasteiger partial charge in [-0.25, -0.2) is 4.98 Å². The molecule has 20 heavy (non-hydrogen) atoms. The molecule has 0 fully saturated rings. The number of aromatic nitrogens is 4. The van der Waals surface area contributed by atoms with Crippen LogP contribution in [0.1, 0.15) is 37.8 Å². The van der Waals surface area contributed by atoms with Gasteiger partial charge in [0.05, 0.1) is 5.69 Å². The van der Waals surface area contributed by atoms with Crippen molar-refractivity contribution in [2.24, 2.45) is 7.05 Å². The molecule has 0 radical (unpaired) electrons. The minimum absolute atomic E-state index is 0.422. The predicted molar refractivity (Wildman–Crippen MR) is 88.0 cm³/mol. The van der Waals surface area contributed by atoms with Crippen molar-refractivity contribution in [3.8, 4) is 0 Å². The molecule has 2 aromatic rings. The van der Waals surface area contributed by atoms with Crippen molar-refractivity contribution in [1.82, 2.24) is 19.3 Å². The third kappa shape index (κ3) is 2.84. The largest absolute Gasteiger partial charge is 0.310 e. The van der Waals surface area contributed by atoms with Crippen molar-refractivity contribution in [3.05, 3.63) is 11.5 Å². The molecule has 0 aromatic carbocycles. The van der Waals surface area contributed by atoms with E-state index in [0.717, 1.165) is 47.7 Å². The van der Waals surface area contributed by atoms with Gasteiger partial charge in [0.1, 0.15) is 11.3 Å². The van der Waals surface area contributed by atoms with Gasteiger partial charge in [0.25, 0.3) is 0 Å². The maximum absolute atomic E-state index is 5.95. The van der Waals surface area contributed by atoms with Gasteiger partial charge in [0.15, 0.2) is 5.65 Å². The maximum Gasteiger partial charge on any atom is 0.158 e. The molecule has 2 aromatic heterocycles. The standard InChI is InChI=1S/C14H23ClN4S/c1-5-11-13-14(18(3)17-11)19(10(2)7-9-20-4)12(16-13)6-8-15/h10H,5-9H2,1-4H3. The van der Waals surface area contributed by atoms with Crippen LogP contribution in [0.15, 0.2) is 0 Å². The highest BCUT2D eigenvalue weighted by atomic mass is 35.5. The lowest BCUT2D eigenvalue weighted by Crippen LogP contribution is -2.13. The molecule has 0 spiro atoms. The summed E-state index contributed by atoms with van der Waals surface area (Å²) in [4.78, 5) is 4.81. The number of aryl methyl sites for hydroxylation is 3. The molecule has 0 aliphatic heterocycles. The van der Waals surface area contributed by atoms with Crippen LogP contribution in [-0.2, 0) is 19.9 Å². The highest BCUT2D eigenvalue weighted by molar-refractivity contribution is 7.98. The van der Waals surface area contributed by atoms with Crippen molar-refractivity contribution in [2.45, 2.75) is 39.2 Å². The van der Waals surface area contributed by atoms with E-state index in [1.807, 2.05) is 23.5 Å². The molecule has 0 saturated heterocycles. The Bertz CT molecular complexity index is 575. The van der Waals surface area contributed by atoms with E-state index in [1.54, 1.807) is 0 Å². The van der Waals surface area contributed by atoms with Gasteiger partial charge in [0.2, 0.25) is 0 Å². The summed E-state index contributed by atoms with van der Waals surface area (Å²) in [6.07, 6.45) is 5.00. The molecular formula is C14H23ClN4S. The minimum Gasteiger partial charge on any atom is -0.310 e. The molecule has 6 heteroatoms. The fraction of sp³-hybridized carbons (Fsp3) is 0.714. The Morgan fingerprint density at radius 1 is 1.40 bits per heavy atom. The lowest BCUT2D eigenvalue weighted by molar-refractivity contribution is 0.516. The van der Waals surface area contributed by atoms with Crippen LogP contribution >= 0.6 is 23.4 Å². The number of imidazole rings is 1. The Kier molecular flexibility index (Phi) is 5.38. The molecule has 4 nitrogen and oxygen atoms in total. The molecule has 0 amide bonds. The molecule has 2 rings (SSSR count). The van der Waals surface area contributed by atoms with E-state index in [9.17, 15) is 0 Å². The van der Waals surface area contributed by atoms with Crippen molar-refractivity contribution in [3.63, 3.8) is 0 Å². The van der Waals surface area contributed by atoms with Crippen LogP contribution in [0.3, 0.4) is 0 Å². The Morgan fingerprint density at radius 2 is 2.15 bits per heavy atom. The second-order valence-corrected chi connectivity index (χ2v) is 6.43. The summed E-state index contributed by atoms with van der Waals surface area (Å²) in [5.41, 5.74) is 3.26. The third-order valence-corrected chi connectivity index (χ3v) is 4.48. The van der Waals surface area contributed by atoms with Crippen LogP contribution in [0, 0.1) is 0 Å². The monoisotopic (exact) mass is 314 g/mol. The van der Waals surface area contributed by atoms with Crippen molar-refractivity contribution in [1.29, 1.82) is 0 Å². The lowest BCUT2D eigenvalue weighted by atomic mass is 10.2. The molecule has 0 aliphatic carbocycles. The number of rotatable bonds is 7. The van der Waals surface area contributed by atoms with E-state index in [1.165, 1.54) is 0 Å². The molecular weight excluding hydrogens is 292 g/mol. The maximum atomic E-state index is 5.95. The zero-order valence-corrected chi connectivity index (χ0v) is 14.3. The fourth-order valence-electron chi connectivity index (χ4n) is 2.63. The zero-order valence-electron chi connectivity index (χ0n) is 12.7. The average molecular weight is 315 g/mol. The van der Waals surface area contributed by atoms with Gasteiger partial charge in [0, 0.05) is 25.4 Å². The first-order chi connectivity index (χ1) is 9.63. The van der Waals surface area contributed by atoms with Crippen LogP contribution in [0.2, 0.25) is 0 Å². The van der Waals surface area contributed by atoms with E-state index in [0.29, 0.717) is 11.9 Å². The number of hydrogen-bond acceptors (Lipinski definition) is 3. The topological polar surface area (TPSA) is 35.6 Å². The molecule has 0 saturated carbocycles. The SMILES string of the molecule is CCc1nn(C)c2c1nc(CCCl)n2C(C)CCSC. The first-order valence-electron chi connectivity index (χ1n) is 7.11. The number of halogens is 1. The number of fused-ring (bicyclic) bond motifs is 1. The fourth-order valence-corrected chi connectivity index (χ4v) is 3.37. The smallest absolute Gasteiger partial charge is 0.158 e. The number of alkyl halides is 1. The van der Waals surface area contributed by atoms with Gasteiger partial charge in [-0.15, -0.1) is 11.6 Å². The Labute approximate surface area is 129 Å². The van der Waals surface area contributed by atoms with Gasteiger partial charge in [-0.1, -0.05) is 6.92 Å². The quantitative estimate of drug-likeness (QED) is 0.735. The molecule has 2 heterocycles. The lowest BCUT2D eigenvalue weighted by Gasteiger charge is -2.17. The normalized spacial score (nSPS) is 13.2. The summed E-state index contributed by atoms with van der Waals surface area (Å²) in [5.74, 6) is 2.85. The van der Waals surface area contributed by atoms with Crippen LogP contribution in [-0.4, -0.2) is 37.2 Å². The van der Waals surface area contributed by atoms with Crippen LogP contribution in [0.25, 0.3) is 11.2 Å². The molecule has 1 unspecified atom stereocenters. The van der Waals surface area contributed by atoms with E-state index in [-0.39, 0.29) is 0 Å². The molecule has 0 N–H and O–H groups in total. The zero-order chi connectivity index (χ0) is 14.7.